The number of rotatable bonds is 7. The lowest BCUT2D eigenvalue weighted by Crippen LogP contribution is -2.30. The molecule has 1 amide bonds. The fourth-order valence-electron chi connectivity index (χ4n) is 4.25. The van der Waals surface area contributed by atoms with Crippen LogP contribution in [0.2, 0.25) is 0 Å². The molecule has 7 heteroatoms. The van der Waals surface area contributed by atoms with Crippen molar-refractivity contribution in [1.29, 1.82) is 0 Å². The number of ether oxygens (including phenoxy) is 2. The second kappa shape index (κ2) is 9.79. The van der Waals surface area contributed by atoms with Gasteiger partial charge in [-0.3, -0.25) is 9.59 Å². The number of pyridine rings is 1. The minimum atomic E-state index is -0.877. The highest BCUT2D eigenvalue weighted by molar-refractivity contribution is 6.46. The molecule has 1 unspecified atom stereocenters. The molecule has 7 nitrogen and oxygen atoms in total. The van der Waals surface area contributed by atoms with E-state index in [-0.39, 0.29) is 12.1 Å². The summed E-state index contributed by atoms with van der Waals surface area (Å²) in [7, 11) is 1.55. The normalized spacial score (nSPS) is 17.1. The van der Waals surface area contributed by atoms with Crippen LogP contribution in [-0.4, -0.2) is 30.3 Å². The Morgan fingerprint density at radius 1 is 1.09 bits per heavy atom. The van der Waals surface area contributed by atoms with E-state index in [1.807, 2.05) is 32.0 Å². The number of carbonyl (C=O) groups is 2. The van der Waals surface area contributed by atoms with Gasteiger partial charge in [-0.05, 0) is 49.2 Å². The van der Waals surface area contributed by atoms with Crippen LogP contribution in [0.5, 0.6) is 11.5 Å². The van der Waals surface area contributed by atoms with E-state index in [1.54, 1.807) is 55.9 Å². The average Bonchev–Trinajstić information content (AvgIpc) is 3.09. The molecule has 1 aliphatic heterocycles. The van der Waals surface area contributed by atoms with E-state index in [9.17, 15) is 14.7 Å². The number of nitrogens with one attached hydrogen (secondary N) is 1. The number of methoxy groups -OCH3 is 1. The number of para-hydroxylation sites is 1. The fraction of sp³-hybridized carbons (Fsp3) is 0.222. The fourth-order valence-corrected chi connectivity index (χ4v) is 4.25. The van der Waals surface area contributed by atoms with Crippen LogP contribution in [0.4, 0.5) is 0 Å². The Bertz CT molecular complexity index is 1250. The van der Waals surface area contributed by atoms with Crippen LogP contribution in [0.15, 0.2) is 72.6 Å². The lowest BCUT2D eigenvalue weighted by atomic mass is 9.94. The Morgan fingerprint density at radius 3 is 2.56 bits per heavy atom. The first-order chi connectivity index (χ1) is 16.5. The number of ketones is 1. The van der Waals surface area contributed by atoms with Crippen LogP contribution in [0.3, 0.4) is 0 Å². The van der Waals surface area contributed by atoms with Crippen molar-refractivity contribution in [1.82, 2.24) is 4.90 Å². The summed E-state index contributed by atoms with van der Waals surface area (Å²) >= 11 is 0. The third kappa shape index (κ3) is 4.24. The lowest BCUT2D eigenvalue weighted by molar-refractivity contribution is -0.378. The highest BCUT2D eigenvalue weighted by Gasteiger charge is 2.45. The molecule has 1 aromatic heterocycles. The van der Waals surface area contributed by atoms with E-state index in [0.717, 1.165) is 11.1 Å². The number of aryl methyl sites for hydroxylation is 1. The average molecular weight is 459 g/mol. The van der Waals surface area contributed by atoms with Crippen LogP contribution in [0, 0.1) is 6.92 Å². The summed E-state index contributed by atoms with van der Waals surface area (Å²) in [5.41, 5.74) is 2.40. The molecule has 0 bridgehead atoms. The second-order valence-electron chi connectivity index (χ2n) is 7.97. The molecule has 2 aromatic carbocycles. The molecule has 0 radical (unpaired) electrons. The molecular weight excluding hydrogens is 432 g/mol. The van der Waals surface area contributed by atoms with Crippen molar-refractivity contribution < 1.29 is 29.2 Å². The van der Waals surface area contributed by atoms with Gasteiger partial charge in [0.05, 0.1) is 26.3 Å². The zero-order valence-corrected chi connectivity index (χ0v) is 19.3. The topological polar surface area (TPSA) is 93.0 Å². The van der Waals surface area contributed by atoms with Gasteiger partial charge in [0, 0.05) is 22.8 Å². The number of benzene rings is 2. The van der Waals surface area contributed by atoms with Gasteiger partial charge < -0.3 is 19.5 Å². The maximum absolute atomic E-state index is 13.7. The number of Topliss-reactive ketones (excluding diaryl/α,β-unsaturated/α-hetero) is 1. The minimum absolute atomic E-state index is 0.0818. The molecule has 0 saturated carbocycles. The SMILES string of the molecule is CCOc1ccccc1C1C(=C([O-])c2ccc(OC)c(C)c2)C(=O)C(=O)N1Cc1ccc[nH+]c1. The highest BCUT2D eigenvalue weighted by Crippen LogP contribution is 2.43. The Hall–Kier alpha value is -4.13. The molecule has 1 fully saturated rings. The summed E-state index contributed by atoms with van der Waals surface area (Å²) in [6.45, 7) is 4.24. The number of hydrogen-bond acceptors (Lipinski definition) is 5. The van der Waals surface area contributed by atoms with Crippen molar-refractivity contribution in [3.8, 4) is 11.5 Å². The van der Waals surface area contributed by atoms with Gasteiger partial charge in [-0.2, -0.15) is 0 Å². The van der Waals surface area contributed by atoms with Crippen LogP contribution in [0.25, 0.3) is 5.76 Å². The predicted octanol–water partition coefficient (Wildman–Crippen LogP) is 2.64. The van der Waals surface area contributed by atoms with Gasteiger partial charge in [0.1, 0.15) is 11.5 Å². The van der Waals surface area contributed by atoms with Gasteiger partial charge in [-0.15, -0.1) is 0 Å². The summed E-state index contributed by atoms with van der Waals surface area (Å²) in [5.74, 6) is -0.833. The zero-order chi connectivity index (χ0) is 24.2. The third-order valence-corrected chi connectivity index (χ3v) is 5.82. The van der Waals surface area contributed by atoms with Gasteiger partial charge in [-0.1, -0.05) is 30.0 Å². The van der Waals surface area contributed by atoms with E-state index in [4.69, 9.17) is 9.47 Å². The van der Waals surface area contributed by atoms with Crippen LogP contribution >= 0.6 is 0 Å². The van der Waals surface area contributed by atoms with E-state index in [0.29, 0.717) is 29.2 Å². The number of hydrogen-bond donors (Lipinski definition) is 0. The van der Waals surface area contributed by atoms with Crippen LogP contribution < -0.4 is 19.6 Å². The maximum Gasteiger partial charge on any atom is 0.295 e. The summed E-state index contributed by atoms with van der Waals surface area (Å²) in [4.78, 5) is 30.9. The molecule has 1 aliphatic rings. The van der Waals surface area contributed by atoms with Crippen molar-refractivity contribution in [2.45, 2.75) is 26.4 Å². The van der Waals surface area contributed by atoms with Crippen molar-refractivity contribution in [2.24, 2.45) is 0 Å². The van der Waals surface area contributed by atoms with Crippen molar-refractivity contribution in [3.63, 3.8) is 0 Å². The monoisotopic (exact) mass is 458 g/mol. The number of H-pyrrole nitrogens is 1. The Balaban J connectivity index is 1.90. The van der Waals surface area contributed by atoms with Gasteiger partial charge in [0.2, 0.25) is 5.78 Å². The molecule has 1 saturated heterocycles. The molecule has 3 aromatic rings. The van der Waals surface area contributed by atoms with E-state index >= 15 is 0 Å². The van der Waals surface area contributed by atoms with Crippen LogP contribution in [0.1, 0.15) is 35.2 Å². The predicted molar refractivity (Wildman–Crippen MR) is 124 cm³/mol. The number of aromatic nitrogens is 1. The number of nitrogens with zero attached hydrogens (tertiary/aromatic N) is 1. The van der Waals surface area contributed by atoms with Gasteiger partial charge in [0.25, 0.3) is 5.91 Å². The summed E-state index contributed by atoms with van der Waals surface area (Å²) < 4.78 is 11.1. The molecule has 0 spiro atoms. The number of likely N-dealkylation sites (tertiary alicyclic amines) is 1. The summed E-state index contributed by atoms with van der Waals surface area (Å²) in [6, 6.07) is 15.0. The van der Waals surface area contributed by atoms with Crippen molar-refractivity contribution in [3.05, 3.63) is 94.8 Å². The molecular formula is C27H26N2O5. The van der Waals surface area contributed by atoms with E-state index < -0.39 is 23.5 Å². The standard InChI is InChI=1S/C27H26N2O5/c1-4-34-22-10-6-5-9-20(22)24-23(25(30)19-11-12-21(33-3)17(2)14-19)26(31)27(32)29(24)16-18-8-7-13-28-15-18/h5-15,24,30H,4,16H2,1-3H3. The highest BCUT2D eigenvalue weighted by atomic mass is 16.5. The molecule has 1 atom stereocenters. The largest absolute Gasteiger partial charge is 0.872 e. The van der Waals surface area contributed by atoms with Crippen molar-refractivity contribution >= 4 is 17.4 Å². The first kappa shape index (κ1) is 23.0. The Labute approximate surface area is 198 Å². The summed E-state index contributed by atoms with van der Waals surface area (Å²) in [6.07, 6.45) is 3.52. The Kier molecular flexibility index (Phi) is 6.63. The van der Waals surface area contributed by atoms with Gasteiger partial charge in [-0.25, -0.2) is 4.98 Å². The van der Waals surface area contributed by atoms with E-state index in [1.165, 1.54) is 4.90 Å². The molecule has 4 rings (SSSR count). The smallest absolute Gasteiger partial charge is 0.295 e. The van der Waals surface area contributed by atoms with E-state index in [2.05, 4.69) is 4.98 Å². The minimum Gasteiger partial charge on any atom is -0.872 e. The summed E-state index contributed by atoms with van der Waals surface area (Å²) in [5, 5.41) is 13.7. The molecule has 0 aliphatic carbocycles. The molecule has 1 N–H and O–H groups in total. The number of carbonyl (C=O) groups excluding carboxylic acids is 2. The quantitative estimate of drug-likeness (QED) is 0.308. The zero-order valence-electron chi connectivity index (χ0n) is 19.3. The number of amides is 1. The van der Waals surface area contributed by atoms with Gasteiger partial charge >= 0.3 is 0 Å². The number of aromatic amines is 1. The molecule has 2 heterocycles. The van der Waals surface area contributed by atoms with Gasteiger partial charge in [0.15, 0.2) is 12.4 Å². The first-order valence-corrected chi connectivity index (χ1v) is 11.0. The molecule has 174 valence electrons. The second-order valence-corrected chi connectivity index (χ2v) is 7.97. The molecule has 34 heavy (non-hydrogen) atoms. The Morgan fingerprint density at radius 2 is 1.88 bits per heavy atom. The van der Waals surface area contributed by atoms with Crippen molar-refractivity contribution in [2.75, 3.05) is 13.7 Å². The lowest BCUT2D eigenvalue weighted by Gasteiger charge is -2.28. The maximum atomic E-state index is 13.7. The third-order valence-electron chi connectivity index (χ3n) is 5.82. The first-order valence-electron chi connectivity index (χ1n) is 11.0. The van der Waals surface area contributed by atoms with Crippen LogP contribution in [-0.2, 0) is 16.1 Å².